The van der Waals surface area contributed by atoms with E-state index in [1.54, 1.807) is 12.1 Å². The van der Waals surface area contributed by atoms with Crippen LogP contribution in [0.2, 0.25) is 0 Å². The van der Waals surface area contributed by atoms with Gasteiger partial charge in [-0.2, -0.15) is 13.2 Å². The van der Waals surface area contributed by atoms with Crippen molar-refractivity contribution in [2.45, 2.75) is 19.0 Å². The fourth-order valence-electron chi connectivity index (χ4n) is 2.81. The van der Waals surface area contributed by atoms with Crippen LogP contribution in [-0.4, -0.2) is 20.9 Å². The van der Waals surface area contributed by atoms with E-state index in [2.05, 4.69) is 20.3 Å². The zero-order chi connectivity index (χ0) is 20.1. The molecule has 0 saturated heterocycles. The van der Waals surface area contributed by atoms with E-state index in [0.717, 1.165) is 18.9 Å². The van der Waals surface area contributed by atoms with Gasteiger partial charge in [0.2, 0.25) is 5.91 Å². The minimum absolute atomic E-state index is 0.0113. The second-order valence-corrected chi connectivity index (χ2v) is 6.60. The molecule has 3 aromatic rings. The summed E-state index contributed by atoms with van der Waals surface area (Å²) in [6.07, 6.45) is -0.265. The van der Waals surface area contributed by atoms with Crippen molar-refractivity contribution >= 4 is 34.1 Å². The van der Waals surface area contributed by atoms with Crippen molar-refractivity contribution < 1.29 is 18.0 Å². The topological polar surface area (TPSA) is 120 Å². The molecule has 4 rings (SSSR count). The van der Waals surface area contributed by atoms with E-state index >= 15 is 0 Å². The Bertz CT molecular complexity index is 1090. The summed E-state index contributed by atoms with van der Waals surface area (Å²) in [4.78, 5) is 23.8. The highest BCUT2D eigenvalue weighted by molar-refractivity contribution is 5.98. The van der Waals surface area contributed by atoms with Crippen LogP contribution >= 0.6 is 0 Å². The van der Waals surface area contributed by atoms with Gasteiger partial charge in [-0.25, -0.2) is 15.0 Å². The Labute approximate surface area is 157 Å². The summed E-state index contributed by atoms with van der Waals surface area (Å²) in [7, 11) is 0. The summed E-state index contributed by atoms with van der Waals surface area (Å²) in [5.74, 6) is -0.263. The summed E-state index contributed by atoms with van der Waals surface area (Å²) < 4.78 is 39.3. The number of carbonyl (C=O) groups excluding carboxylic acids is 1. The maximum atomic E-state index is 13.1. The van der Waals surface area contributed by atoms with Gasteiger partial charge < -0.3 is 16.8 Å². The Morgan fingerprint density at radius 2 is 1.82 bits per heavy atom. The van der Waals surface area contributed by atoms with E-state index in [9.17, 15) is 18.0 Å². The van der Waals surface area contributed by atoms with Crippen LogP contribution in [0.25, 0.3) is 22.0 Å². The van der Waals surface area contributed by atoms with Crippen molar-refractivity contribution in [1.29, 1.82) is 0 Å². The number of halogens is 3. The van der Waals surface area contributed by atoms with Crippen LogP contribution in [0.1, 0.15) is 18.4 Å². The largest absolute Gasteiger partial charge is 0.419 e. The SMILES string of the molecule is Nc1ncc(-c2cc3cc(NC(=O)C4CC4)ncc3c(N)n2)cc1C(F)(F)F. The van der Waals surface area contributed by atoms with Gasteiger partial charge in [-0.3, -0.25) is 4.79 Å². The lowest BCUT2D eigenvalue weighted by atomic mass is 10.1. The molecular formula is C18H15F3N6O. The lowest BCUT2D eigenvalue weighted by Gasteiger charge is -2.12. The number of rotatable bonds is 3. The molecule has 3 aromatic heterocycles. The third-order valence-corrected chi connectivity index (χ3v) is 4.46. The van der Waals surface area contributed by atoms with Crippen molar-refractivity contribution in [3.8, 4) is 11.3 Å². The maximum absolute atomic E-state index is 13.1. The number of carbonyl (C=O) groups is 1. The molecule has 1 fully saturated rings. The molecule has 0 unspecified atom stereocenters. The van der Waals surface area contributed by atoms with Crippen molar-refractivity contribution in [1.82, 2.24) is 15.0 Å². The smallest absolute Gasteiger partial charge is 0.383 e. The first kappa shape index (κ1) is 18.0. The van der Waals surface area contributed by atoms with Crippen molar-refractivity contribution in [2.24, 2.45) is 5.92 Å². The van der Waals surface area contributed by atoms with Crippen LogP contribution in [0.3, 0.4) is 0 Å². The first-order chi connectivity index (χ1) is 13.2. The second-order valence-electron chi connectivity index (χ2n) is 6.60. The fraction of sp³-hybridized carbons (Fsp3) is 0.222. The maximum Gasteiger partial charge on any atom is 0.419 e. The number of pyridine rings is 3. The van der Waals surface area contributed by atoms with Crippen LogP contribution in [0.4, 0.5) is 30.6 Å². The fourth-order valence-corrected chi connectivity index (χ4v) is 2.81. The predicted molar refractivity (Wildman–Crippen MR) is 97.9 cm³/mol. The molecular weight excluding hydrogens is 373 g/mol. The van der Waals surface area contributed by atoms with E-state index in [1.807, 2.05) is 0 Å². The van der Waals surface area contributed by atoms with Gasteiger partial charge in [-0.15, -0.1) is 0 Å². The number of anilines is 3. The number of nitrogens with two attached hydrogens (primary N) is 2. The number of nitrogen functional groups attached to an aromatic ring is 2. The molecule has 0 aromatic carbocycles. The molecule has 28 heavy (non-hydrogen) atoms. The molecule has 0 bridgehead atoms. The van der Waals surface area contributed by atoms with E-state index in [0.29, 0.717) is 16.6 Å². The van der Waals surface area contributed by atoms with Crippen molar-refractivity contribution in [2.75, 3.05) is 16.8 Å². The second kappa shape index (κ2) is 6.32. The van der Waals surface area contributed by atoms with Crippen molar-refractivity contribution in [3.05, 3.63) is 36.2 Å². The average Bonchev–Trinajstić information content (AvgIpc) is 3.46. The highest BCUT2D eigenvalue weighted by atomic mass is 19.4. The molecule has 0 spiro atoms. The molecule has 1 aliphatic carbocycles. The summed E-state index contributed by atoms with van der Waals surface area (Å²) in [5, 5.41) is 3.82. The normalized spacial score (nSPS) is 14.2. The van der Waals surface area contributed by atoms with Crippen LogP contribution in [-0.2, 0) is 11.0 Å². The minimum atomic E-state index is -4.64. The van der Waals surface area contributed by atoms with E-state index < -0.39 is 17.6 Å². The van der Waals surface area contributed by atoms with Crippen LogP contribution < -0.4 is 16.8 Å². The first-order valence-corrected chi connectivity index (χ1v) is 8.42. The molecule has 1 saturated carbocycles. The molecule has 10 heteroatoms. The minimum Gasteiger partial charge on any atom is -0.383 e. The summed E-state index contributed by atoms with van der Waals surface area (Å²) in [5.41, 5.74) is 10.6. The predicted octanol–water partition coefficient (Wildman–Crippen LogP) is 3.22. The van der Waals surface area contributed by atoms with Crippen molar-refractivity contribution in [3.63, 3.8) is 0 Å². The van der Waals surface area contributed by atoms with E-state index in [4.69, 9.17) is 11.5 Å². The Balaban J connectivity index is 1.76. The van der Waals surface area contributed by atoms with E-state index in [-0.39, 0.29) is 28.9 Å². The summed E-state index contributed by atoms with van der Waals surface area (Å²) >= 11 is 0. The summed E-state index contributed by atoms with van der Waals surface area (Å²) in [6, 6.07) is 4.05. The molecule has 7 nitrogen and oxygen atoms in total. The number of fused-ring (bicyclic) bond motifs is 1. The van der Waals surface area contributed by atoms with Crippen LogP contribution in [0, 0.1) is 5.92 Å². The molecule has 3 heterocycles. The molecule has 0 atom stereocenters. The monoisotopic (exact) mass is 388 g/mol. The Morgan fingerprint density at radius 1 is 1.07 bits per heavy atom. The number of hydrogen-bond donors (Lipinski definition) is 3. The lowest BCUT2D eigenvalue weighted by Crippen LogP contribution is -2.14. The molecule has 1 amide bonds. The zero-order valence-corrected chi connectivity index (χ0v) is 14.4. The number of nitrogens with zero attached hydrogens (tertiary/aromatic N) is 3. The van der Waals surface area contributed by atoms with Gasteiger partial charge in [0.05, 0.1) is 11.3 Å². The number of alkyl halides is 3. The Hall–Kier alpha value is -3.43. The Kier molecular flexibility index (Phi) is 4.06. The van der Waals surface area contributed by atoms with E-state index in [1.165, 1.54) is 12.4 Å². The van der Waals surface area contributed by atoms with Gasteiger partial charge in [0, 0.05) is 29.3 Å². The molecule has 1 aliphatic rings. The average molecular weight is 388 g/mol. The first-order valence-electron chi connectivity index (χ1n) is 8.42. The van der Waals surface area contributed by atoms with Crippen LogP contribution in [0.5, 0.6) is 0 Å². The zero-order valence-electron chi connectivity index (χ0n) is 14.4. The highest BCUT2D eigenvalue weighted by Crippen LogP contribution is 2.36. The number of hydrogen-bond acceptors (Lipinski definition) is 6. The van der Waals surface area contributed by atoms with Crippen LogP contribution in [0.15, 0.2) is 30.6 Å². The molecule has 5 N–H and O–H groups in total. The van der Waals surface area contributed by atoms with Gasteiger partial charge >= 0.3 is 6.18 Å². The number of nitrogens with one attached hydrogen (secondary N) is 1. The standard InChI is InChI=1S/C18H15F3N6O/c19-18(20,21)12-3-10(6-25-16(12)23)13-4-9-5-14(27-17(28)8-1-2-8)24-7-11(9)15(22)26-13/h3-8H,1-2H2,(H2,22,26)(H2,23,25)(H,24,27,28). The van der Waals surface area contributed by atoms with Gasteiger partial charge in [0.25, 0.3) is 0 Å². The van der Waals surface area contributed by atoms with Gasteiger partial charge in [-0.05, 0) is 36.4 Å². The van der Waals surface area contributed by atoms with Gasteiger partial charge in [0.15, 0.2) is 0 Å². The molecule has 0 radical (unpaired) electrons. The number of amides is 1. The molecule has 144 valence electrons. The summed E-state index contributed by atoms with van der Waals surface area (Å²) in [6.45, 7) is 0. The third-order valence-electron chi connectivity index (χ3n) is 4.46. The lowest BCUT2D eigenvalue weighted by molar-refractivity contribution is -0.137. The van der Waals surface area contributed by atoms with Gasteiger partial charge in [-0.1, -0.05) is 0 Å². The Morgan fingerprint density at radius 3 is 2.50 bits per heavy atom. The number of aromatic nitrogens is 3. The third kappa shape index (κ3) is 3.40. The highest BCUT2D eigenvalue weighted by Gasteiger charge is 2.34. The van der Waals surface area contributed by atoms with Gasteiger partial charge in [0.1, 0.15) is 17.5 Å². The molecule has 0 aliphatic heterocycles. The quantitative estimate of drug-likeness (QED) is 0.634.